The van der Waals surface area contributed by atoms with Crippen LogP contribution in [-0.2, 0) is 0 Å². The third kappa shape index (κ3) is 6.27. The molecule has 1 heterocycles. The number of aryl methyl sites for hydroxylation is 1. The molecule has 0 bridgehead atoms. The summed E-state index contributed by atoms with van der Waals surface area (Å²) in [6, 6.07) is 18.3. The van der Waals surface area contributed by atoms with Crippen LogP contribution >= 0.6 is 11.6 Å². The fourth-order valence-corrected chi connectivity index (χ4v) is 4.36. The van der Waals surface area contributed by atoms with Gasteiger partial charge in [-0.05, 0) is 89.1 Å². The molecular weight excluding hydrogens is 430 g/mol. The molecule has 1 unspecified atom stereocenters. The minimum Gasteiger partial charge on any atom is -0.350 e. The maximum atomic E-state index is 13.3. The van der Waals surface area contributed by atoms with Gasteiger partial charge in [0.1, 0.15) is 0 Å². The number of nitrogens with one attached hydrogen (secondary N) is 1. The zero-order valence-electron chi connectivity index (χ0n) is 20.5. The van der Waals surface area contributed by atoms with Crippen molar-refractivity contribution in [1.29, 1.82) is 0 Å². The average Bonchev–Trinajstić information content (AvgIpc) is 3.15. The molecule has 0 saturated carbocycles. The van der Waals surface area contributed by atoms with Crippen molar-refractivity contribution < 1.29 is 4.79 Å². The second-order valence-electron chi connectivity index (χ2n) is 8.75. The summed E-state index contributed by atoms with van der Waals surface area (Å²) < 4.78 is 2.16. The molecule has 3 aromatic rings. The molecule has 4 nitrogen and oxygen atoms in total. The summed E-state index contributed by atoms with van der Waals surface area (Å²) in [4.78, 5) is 15.7. The maximum absolute atomic E-state index is 13.3. The van der Waals surface area contributed by atoms with E-state index >= 15 is 0 Å². The van der Waals surface area contributed by atoms with Crippen molar-refractivity contribution in [3.05, 3.63) is 76.4 Å². The van der Waals surface area contributed by atoms with Gasteiger partial charge in [-0.2, -0.15) is 0 Å². The standard InChI is InChI=1S/C28H36ClN3O/c1-6-31(7-2)18-8-9-21(4)30-28(33)26-19-27(23-12-14-24(29)15-13-23)32(22(26)5)25-16-10-20(3)11-17-25/h10-17,19,21H,6-9,18H2,1-5H3,(H,30,33). The monoisotopic (exact) mass is 465 g/mol. The Hall–Kier alpha value is -2.56. The molecule has 0 fully saturated rings. The van der Waals surface area contributed by atoms with Crippen molar-refractivity contribution in [2.45, 2.75) is 53.5 Å². The molecule has 0 saturated heterocycles. The molecule has 1 amide bonds. The number of amides is 1. The summed E-state index contributed by atoms with van der Waals surface area (Å²) in [5.41, 5.74) is 5.87. The van der Waals surface area contributed by atoms with Crippen molar-refractivity contribution >= 4 is 17.5 Å². The van der Waals surface area contributed by atoms with Gasteiger partial charge in [0.2, 0.25) is 0 Å². The Balaban J connectivity index is 1.86. The third-order valence-corrected chi connectivity index (χ3v) is 6.56. The van der Waals surface area contributed by atoms with Gasteiger partial charge in [0.25, 0.3) is 5.91 Å². The lowest BCUT2D eigenvalue weighted by molar-refractivity contribution is 0.0936. The third-order valence-electron chi connectivity index (χ3n) is 6.31. The predicted molar refractivity (Wildman–Crippen MR) is 140 cm³/mol. The second kappa shape index (κ2) is 11.5. The number of hydrogen-bond donors (Lipinski definition) is 1. The summed E-state index contributed by atoms with van der Waals surface area (Å²) in [5.74, 6) is -0.0242. The summed E-state index contributed by atoms with van der Waals surface area (Å²) in [6.07, 6.45) is 2.03. The molecule has 0 radical (unpaired) electrons. The van der Waals surface area contributed by atoms with E-state index in [2.05, 4.69) is 66.7 Å². The molecule has 0 spiro atoms. The predicted octanol–water partition coefficient (Wildman–Crippen LogP) is 6.65. The fraction of sp³-hybridized carbons (Fsp3) is 0.393. The van der Waals surface area contributed by atoms with Crippen molar-refractivity contribution in [3.8, 4) is 16.9 Å². The SMILES string of the molecule is CCN(CC)CCCC(C)NC(=O)c1cc(-c2ccc(Cl)cc2)n(-c2ccc(C)cc2)c1C. The maximum Gasteiger partial charge on any atom is 0.253 e. The molecule has 2 aromatic carbocycles. The first-order valence-electron chi connectivity index (χ1n) is 11.9. The van der Waals surface area contributed by atoms with Gasteiger partial charge < -0.3 is 14.8 Å². The van der Waals surface area contributed by atoms with Gasteiger partial charge in [0, 0.05) is 22.4 Å². The number of carbonyl (C=O) groups is 1. The van der Waals surface area contributed by atoms with E-state index in [-0.39, 0.29) is 11.9 Å². The molecule has 5 heteroatoms. The molecule has 33 heavy (non-hydrogen) atoms. The highest BCUT2D eigenvalue weighted by Crippen LogP contribution is 2.30. The Morgan fingerprint density at radius 2 is 1.67 bits per heavy atom. The Kier molecular flexibility index (Phi) is 8.76. The van der Waals surface area contributed by atoms with E-state index < -0.39 is 0 Å². The summed E-state index contributed by atoms with van der Waals surface area (Å²) in [5, 5.41) is 3.91. The molecule has 176 valence electrons. The molecule has 1 aromatic heterocycles. The first-order valence-corrected chi connectivity index (χ1v) is 12.3. The van der Waals surface area contributed by atoms with Gasteiger partial charge >= 0.3 is 0 Å². The van der Waals surface area contributed by atoms with Crippen LogP contribution in [-0.4, -0.2) is 41.1 Å². The van der Waals surface area contributed by atoms with Crippen LogP contribution in [0.2, 0.25) is 5.02 Å². The number of rotatable bonds is 10. The van der Waals surface area contributed by atoms with Gasteiger partial charge in [0.15, 0.2) is 0 Å². The van der Waals surface area contributed by atoms with Gasteiger partial charge in [0.05, 0.1) is 11.3 Å². The molecular formula is C28H36ClN3O. The highest BCUT2D eigenvalue weighted by Gasteiger charge is 2.21. The van der Waals surface area contributed by atoms with Crippen molar-refractivity contribution in [1.82, 2.24) is 14.8 Å². The Labute approximate surface area is 203 Å². The molecule has 1 atom stereocenters. The van der Waals surface area contributed by atoms with Crippen LogP contribution in [0.25, 0.3) is 16.9 Å². The Morgan fingerprint density at radius 3 is 2.27 bits per heavy atom. The van der Waals surface area contributed by atoms with Crippen LogP contribution in [0.1, 0.15) is 55.2 Å². The lowest BCUT2D eigenvalue weighted by Crippen LogP contribution is -2.34. The first-order chi connectivity index (χ1) is 15.8. The van der Waals surface area contributed by atoms with Crippen molar-refractivity contribution in [2.24, 2.45) is 0 Å². The van der Waals surface area contributed by atoms with Crippen LogP contribution in [0, 0.1) is 13.8 Å². The van der Waals surface area contributed by atoms with E-state index in [1.54, 1.807) is 0 Å². The molecule has 1 N–H and O–H groups in total. The van der Waals surface area contributed by atoms with Gasteiger partial charge in [-0.1, -0.05) is 55.3 Å². The zero-order valence-corrected chi connectivity index (χ0v) is 21.2. The van der Waals surface area contributed by atoms with Crippen LogP contribution in [0.15, 0.2) is 54.6 Å². The fourth-order valence-electron chi connectivity index (χ4n) is 4.23. The molecule has 0 aliphatic rings. The van der Waals surface area contributed by atoms with E-state index in [0.29, 0.717) is 10.6 Å². The van der Waals surface area contributed by atoms with Crippen molar-refractivity contribution in [2.75, 3.05) is 19.6 Å². The normalized spacial score (nSPS) is 12.2. The highest BCUT2D eigenvalue weighted by molar-refractivity contribution is 6.30. The van der Waals surface area contributed by atoms with Crippen molar-refractivity contribution in [3.63, 3.8) is 0 Å². The zero-order chi connectivity index (χ0) is 24.0. The minimum absolute atomic E-state index is 0.0242. The second-order valence-corrected chi connectivity index (χ2v) is 9.19. The number of hydrogen-bond acceptors (Lipinski definition) is 2. The van der Waals surface area contributed by atoms with E-state index in [4.69, 9.17) is 11.6 Å². The lowest BCUT2D eigenvalue weighted by atomic mass is 10.1. The van der Waals surface area contributed by atoms with E-state index in [0.717, 1.165) is 55.1 Å². The molecule has 0 aliphatic carbocycles. The largest absolute Gasteiger partial charge is 0.350 e. The number of nitrogens with zero attached hydrogens (tertiary/aromatic N) is 2. The smallest absolute Gasteiger partial charge is 0.253 e. The van der Waals surface area contributed by atoms with E-state index in [1.807, 2.05) is 37.3 Å². The Bertz CT molecular complexity index is 1050. The lowest BCUT2D eigenvalue weighted by Gasteiger charge is -2.19. The van der Waals surface area contributed by atoms with Gasteiger partial charge in [-0.25, -0.2) is 0 Å². The van der Waals surface area contributed by atoms with E-state index in [1.165, 1.54) is 5.56 Å². The number of aromatic nitrogens is 1. The summed E-state index contributed by atoms with van der Waals surface area (Å²) >= 11 is 6.12. The van der Waals surface area contributed by atoms with Gasteiger partial charge in [-0.3, -0.25) is 4.79 Å². The van der Waals surface area contributed by atoms with E-state index in [9.17, 15) is 4.79 Å². The van der Waals surface area contributed by atoms with Crippen LogP contribution in [0.5, 0.6) is 0 Å². The summed E-state index contributed by atoms with van der Waals surface area (Å²) in [6.45, 7) is 13.8. The van der Waals surface area contributed by atoms with Crippen LogP contribution < -0.4 is 5.32 Å². The number of halogens is 1. The summed E-state index contributed by atoms with van der Waals surface area (Å²) in [7, 11) is 0. The van der Waals surface area contributed by atoms with Crippen LogP contribution in [0.3, 0.4) is 0 Å². The first kappa shape index (κ1) is 25.1. The minimum atomic E-state index is -0.0242. The van der Waals surface area contributed by atoms with Crippen LogP contribution in [0.4, 0.5) is 0 Å². The number of carbonyl (C=O) groups excluding carboxylic acids is 1. The average molecular weight is 466 g/mol. The molecule has 3 rings (SSSR count). The van der Waals surface area contributed by atoms with Gasteiger partial charge in [-0.15, -0.1) is 0 Å². The number of benzene rings is 2. The molecule has 0 aliphatic heterocycles. The quantitative estimate of drug-likeness (QED) is 0.363. The topological polar surface area (TPSA) is 37.3 Å². The highest BCUT2D eigenvalue weighted by atomic mass is 35.5. The Morgan fingerprint density at radius 1 is 1.03 bits per heavy atom.